The Kier molecular flexibility index (Phi) is 5.09. The molecule has 0 unspecified atom stereocenters. The molecule has 1 atom stereocenters. The van der Waals surface area contributed by atoms with E-state index in [1.807, 2.05) is 29.9 Å². The predicted octanol–water partition coefficient (Wildman–Crippen LogP) is 2.08. The lowest BCUT2D eigenvalue weighted by molar-refractivity contribution is 0.247. The molecule has 2 aromatic rings. The second-order valence-corrected chi connectivity index (χ2v) is 5.44. The van der Waals surface area contributed by atoms with Crippen molar-refractivity contribution in [3.05, 3.63) is 47.0 Å². The van der Waals surface area contributed by atoms with Crippen molar-refractivity contribution >= 4 is 0 Å². The van der Waals surface area contributed by atoms with E-state index in [1.54, 1.807) is 0 Å². The molecular formula is C16H24N4O. The van der Waals surface area contributed by atoms with Crippen LogP contribution in [0.5, 0.6) is 0 Å². The summed E-state index contributed by atoms with van der Waals surface area (Å²) in [5.74, 6) is 0. The van der Waals surface area contributed by atoms with Crippen LogP contribution < -0.4 is 0 Å². The quantitative estimate of drug-likeness (QED) is 0.884. The largest absolute Gasteiger partial charge is 0.394 e. The highest BCUT2D eigenvalue weighted by atomic mass is 16.3. The van der Waals surface area contributed by atoms with Crippen LogP contribution in [0.1, 0.15) is 35.6 Å². The topological polar surface area (TPSA) is 54.2 Å². The third-order valence-corrected chi connectivity index (χ3v) is 4.03. The predicted molar refractivity (Wildman–Crippen MR) is 82.9 cm³/mol. The Labute approximate surface area is 126 Å². The van der Waals surface area contributed by atoms with Gasteiger partial charge in [-0.15, -0.1) is 0 Å². The summed E-state index contributed by atoms with van der Waals surface area (Å²) in [5.41, 5.74) is 4.45. The van der Waals surface area contributed by atoms with Crippen LogP contribution in [0.4, 0.5) is 0 Å². The molecule has 0 spiro atoms. The lowest BCUT2D eigenvalue weighted by Crippen LogP contribution is -2.23. The van der Waals surface area contributed by atoms with Crippen LogP contribution in [0.3, 0.4) is 0 Å². The minimum atomic E-state index is 0.113. The summed E-state index contributed by atoms with van der Waals surface area (Å²) in [6.45, 7) is 7.72. The molecule has 5 nitrogen and oxygen atoms in total. The average Bonchev–Trinajstić information content (AvgIpc) is 2.75. The van der Waals surface area contributed by atoms with E-state index in [-0.39, 0.29) is 12.6 Å². The summed E-state index contributed by atoms with van der Waals surface area (Å²) in [5, 5.41) is 13.6. The van der Waals surface area contributed by atoms with Gasteiger partial charge in [0, 0.05) is 30.0 Å². The van der Waals surface area contributed by atoms with Crippen LogP contribution in [0.15, 0.2) is 24.4 Å². The molecule has 1 N–H and O–H groups in total. The Hall–Kier alpha value is -1.72. The van der Waals surface area contributed by atoms with Crippen LogP contribution in [0.25, 0.3) is 0 Å². The zero-order valence-corrected chi connectivity index (χ0v) is 13.2. The molecule has 0 saturated heterocycles. The first kappa shape index (κ1) is 15.7. The fourth-order valence-corrected chi connectivity index (χ4v) is 2.51. The molecule has 21 heavy (non-hydrogen) atoms. The van der Waals surface area contributed by atoms with Crippen LogP contribution in [-0.2, 0) is 13.1 Å². The van der Waals surface area contributed by atoms with Gasteiger partial charge < -0.3 is 5.11 Å². The van der Waals surface area contributed by atoms with Crippen LogP contribution in [0, 0.1) is 13.8 Å². The van der Waals surface area contributed by atoms with Crippen molar-refractivity contribution in [3.63, 3.8) is 0 Å². The molecule has 0 amide bonds. The molecule has 5 heteroatoms. The molecule has 0 aliphatic heterocycles. The van der Waals surface area contributed by atoms with Gasteiger partial charge in [-0.1, -0.05) is 6.07 Å². The first-order chi connectivity index (χ1) is 10.0. The SMILES string of the molecule is Cc1nn(CCO)c(C)c1CN(C)[C@@H](C)c1ccccn1. The number of aliphatic hydroxyl groups excluding tert-OH is 1. The lowest BCUT2D eigenvalue weighted by atomic mass is 10.1. The number of rotatable bonds is 6. The monoisotopic (exact) mass is 288 g/mol. The number of aromatic nitrogens is 3. The highest BCUT2D eigenvalue weighted by Gasteiger charge is 2.17. The van der Waals surface area contributed by atoms with Gasteiger partial charge in [0.05, 0.1) is 24.5 Å². The van der Waals surface area contributed by atoms with Gasteiger partial charge in [0.1, 0.15) is 0 Å². The normalized spacial score (nSPS) is 12.9. The van der Waals surface area contributed by atoms with Gasteiger partial charge in [0.2, 0.25) is 0 Å². The summed E-state index contributed by atoms with van der Waals surface area (Å²) in [6.07, 6.45) is 1.83. The molecule has 0 aliphatic carbocycles. The van der Waals surface area contributed by atoms with Crippen molar-refractivity contribution < 1.29 is 5.11 Å². The fraction of sp³-hybridized carbons (Fsp3) is 0.500. The molecular weight excluding hydrogens is 264 g/mol. The Morgan fingerprint density at radius 1 is 1.33 bits per heavy atom. The number of hydrogen-bond acceptors (Lipinski definition) is 4. The number of aliphatic hydroxyl groups is 1. The van der Waals surface area contributed by atoms with E-state index in [0.717, 1.165) is 23.6 Å². The smallest absolute Gasteiger partial charge is 0.0644 e. The first-order valence-corrected chi connectivity index (χ1v) is 7.29. The van der Waals surface area contributed by atoms with Gasteiger partial charge in [0.25, 0.3) is 0 Å². The number of aryl methyl sites for hydroxylation is 1. The summed E-state index contributed by atoms with van der Waals surface area (Å²) in [4.78, 5) is 6.69. The van der Waals surface area contributed by atoms with Gasteiger partial charge in [0.15, 0.2) is 0 Å². The van der Waals surface area contributed by atoms with E-state index in [1.165, 1.54) is 5.56 Å². The maximum atomic E-state index is 9.08. The van der Waals surface area contributed by atoms with Crippen LogP contribution in [0.2, 0.25) is 0 Å². The van der Waals surface area contributed by atoms with Crippen molar-refractivity contribution in [1.29, 1.82) is 0 Å². The highest BCUT2D eigenvalue weighted by molar-refractivity contribution is 5.24. The van der Waals surface area contributed by atoms with Crippen molar-refractivity contribution in [2.24, 2.45) is 0 Å². The average molecular weight is 288 g/mol. The van der Waals surface area contributed by atoms with Crippen LogP contribution in [-0.4, -0.2) is 38.4 Å². The molecule has 0 fully saturated rings. The summed E-state index contributed by atoms with van der Waals surface area (Å²) in [6, 6.07) is 6.24. The third-order valence-electron chi connectivity index (χ3n) is 4.03. The van der Waals surface area contributed by atoms with Gasteiger partial charge in [-0.25, -0.2) is 0 Å². The van der Waals surface area contributed by atoms with E-state index in [0.29, 0.717) is 6.54 Å². The first-order valence-electron chi connectivity index (χ1n) is 7.29. The number of nitrogens with zero attached hydrogens (tertiary/aromatic N) is 4. The minimum Gasteiger partial charge on any atom is -0.394 e. The molecule has 2 aromatic heterocycles. The minimum absolute atomic E-state index is 0.113. The van der Waals surface area contributed by atoms with E-state index in [2.05, 4.69) is 41.9 Å². The summed E-state index contributed by atoms with van der Waals surface area (Å²) in [7, 11) is 2.10. The second kappa shape index (κ2) is 6.83. The van der Waals surface area contributed by atoms with Crippen molar-refractivity contribution in [2.45, 2.75) is 39.9 Å². The van der Waals surface area contributed by atoms with Crippen molar-refractivity contribution in [2.75, 3.05) is 13.7 Å². The molecule has 0 aliphatic rings. The van der Waals surface area contributed by atoms with E-state index >= 15 is 0 Å². The molecule has 114 valence electrons. The number of pyridine rings is 1. The Balaban J connectivity index is 2.14. The number of hydrogen-bond donors (Lipinski definition) is 1. The summed E-state index contributed by atoms with van der Waals surface area (Å²) >= 11 is 0. The maximum Gasteiger partial charge on any atom is 0.0644 e. The molecule has 2 heterocycles. The van der Waals surface area contributed by atoms with Gasteiger partial charge in [-0.2, -0.15) is 5.10 Å². The van der Waals surface area contributed by atoms with Gasteiger partial charge in [-0.05, 0) is 40.0 Å². The zero-order valence-electron chi connectivity index (χ0n) is 13.2. The molecule has 0 radical (unpaired) electrons. The maximum absolute atomic E-state index is 9.08. The van der Waals surface area contributed by atoms with E-state index in [9.17, 15) is 0 Å². The molecule has 0 saturated carbocycles. The fourth-order valence-electron chi connectivity index (χ4n) is 2.51. The van der Waals surface area contributed by atoms with Crippen molar-refractivity contribution in [1.82, 2.24) is 19.7 Å². The van der Waals surface area contributed by atoms with E-state index in [4.69, 9.17) is 5.11 Å². The molecule has 0 aromatic carbocycles. The van der Waals surface area contributed by atoms with Crippen molar-refractivity contribution in [3.8, 4) is 0 Å². The Morgan fingerprint density at radius 2 is 2.10 bits per heavy atom. The Morgan fingerprint density at radius 3 is 2.71 bits per heavy atom. The van der Waals surface area contributed by atoms with Gasteiger partial charge >= 0.3 is 0 Å². The third kappa shape index (κ3) is 3.49. The lowest BCUT2D eigenvalue weighted by Gasteiger charge is -2.24. The second-order valence-electron chi connectivity index (χ2n) is 5.44. The Bertz CT molecular complexity index is 579. The highest BCUT2D eigenvalue weighted by Crippen LogP contribution is 2.21. The molecule has 2 rings (SSSR count). The zero-order chi connectivity index (χ0) is 15.4. The summed E-state index contributed by atoms with van der Waals surface area (Å²) < 4.78 is 1.88. The van der Waals surface area contributed by atoms with E-state index < -0.39 is 0 Å². The van der Waals surface area contributed by atoms with Gasteiger partial charge in [-0.3, -0.25) is 14.6 Å². The van der Waals surface area contributed by atoms with Crippen LogP contribution >= 0.6 is 0 Å². The standard InChI is InChI=1S/C16H24N4O/c1-12-15(13(2)20(18-12)9-10-21)11-19(4)14(3)16-7-5-6-8-17-16/h5-8,14,21H,9-11H2,1-4H3/t14-/m0/s1. The molecule has 0 bridgehead atoms.